The van der Waals surface area contributed by atoms with Crippen molar-refractivity contribution in [3.05, 3.63) is 30.0 Å². The van der Waals surface area contributed by atoms with Crippen molar-refractivity contribution < 1.29 is 13.2 Å². The maximum Gasteiger partial charge on any atom is 0.274 e. The summed E-state index contributed by atoms with van der Waals surface area (Å²) in [5.74, 6) is 1.66. The summed E-state index contributed by atoms with van der Waals surface area (Å²) in [7, 11) is -1.94. The zero-order valence-electron chi connectivity index (χ0n) is 16.8. The first-order valence-corrected chi connectivity index (χ1v) is 11.3. The van der Waals surface area contributed by atoms with Crippen LogP contribution in [0, 0.1) is 18.8 Å². The lowest BCUT2D eigenvalue weighted by molar-refractivity contribution is 0.268. The second kappa shape index (κ2) is 8.63. The van der Waals surface area contributed by atoms with E-state index in [1.165, 1.54) is 5.69 Å². The summed E-state index contributed by atoms with van der Waals surface area (Å²) >= 11 is 0. The largest absolute Gasteiger partial charge is 0.496 e. The van der Waals surface area contributed by atoms with Crippen LogP contribution in [0.4, 0.5) is 5.69 Å². The molecule has 8 heteroatoms. The first-order chi connectivity index (χ1) is 13.3. The van der Waals surface area contributed by atoms with Gasteiger partial charge in [0, 0.05) is 36.9 Å². The molecule has 7 nitrogen and oxygen atoms in total. The molecule has 3 N–H and O–H groups in total. The highest BCUT2D eigenvalue weighted by Crippen LogP contribution is 2.35. The number of pyridine rings is 1. The molecule has 28 heavy (non-hydrogen) atoms. The molecule has 3 rings (SSSR count). The van der Waals surface area contributed by atoms with Crippen LogP contribution in [0.5, 0.6) is 5.75 Å². The first kappa shape index (κ1) is 20.8. The van der Waals surface area contributed by atoms with Crippen LogP contribution in [-0.4, -0.2) is 40.1 Å². The van der Waals surface area contributed by atoms with Crippen LogP contribution >= 0.6 is 0 Å². The summed E-state index contributed by atoms with van der Waals surface area (Å²) in [6.07, 6.45) is 4.84. The van der Waals surface area contributed by atoms with E-state index in [9.17, 15) is 8.42 Å². The van der Waals surface area contributed by atoms with Gasteiger partial charge in [0.15, 0.2) is 0 Å². The van der Waals surface area contributed by atoms with Gasteiger partial charge in [-0.15, -0.1) is 0 Å². The van der Waals surface area contributed by atoms with Crippen LogP contribution in [0.1, 0.15) is 31.7 Å². The average Bonchev–Trinajstić information content (AvgIpc) is 2.67. The standard InChI is InChI=1S/C20H30N4O3S/c1-4-15(13-23-28(21,25)26)16-6-9-24(10-7-16)19-5-8-22-18-11-14(2)20(27-3)12-17(18)19/h5,8,11-12,15-16,23H,4,6-7,9-10,13H2,1-3H3,(H2,21,25,26). The molecule has 2 aromatic rings. The Hall–Kier alpha value is -1.90. The second-order valence-electron chi connectivity index (χ2n) is 7.56. The number of fused-ring (bicyclic) bond motifs is 1. The number of methoxy groups -OCH3 is 1. The van der Waals surface area contributed by atoms with Gasteiger partial charge in [-0.25, -0.2) is 9.86 Å². The molecule has 1 aliphatic heterocycles. The molecule has 154 valence electrons. The smallest absolute Gasteiger partial charge is 0.274 e. The number of aromatic nitrogens is 1. The number of nitrogens with two attached hydrogens (primary N) is 1. The van der Waals surface area contributed by atoms with Crippen LogP contribution in [0.3, 0.4) is 0 Å². The fourth-order valence-electron chi connectivity index (χ4n) is 4.24. The molecule has 1 fully saturated rings. The summed E-state index contributed by atoms with van der Waals surface area (Å²) in [6.45, 7) is 6.41. The van der Waals surface area contributed by atoms with E-state index >= 15 is 0 Å². The molecular formula is C20H30N4O3S. The fourth-order valence-corrected chi connectivity index (χ4v) is 4.68. The van der Waals surface area contributed by atoms with Crippen molar-refractivity contribution >= 4 is 26.8 Å². The monoisotopic (exact) mass is 406 g/mol. The number of nitrogens with one attached hydrogen (secondary N) is 1. The topological polar surface area (TPSA) is 97.5 Å². The number of piperidine rings is 1. The Morgan fingerprint density at radius 3 is 2.68 bits per heavy atom. The van der Waals surface area contributed by atoms with Crippen LogP contribution in [-0.2, 0) is 10.2 Å². The average molecular weight is 407 g/mol. The Kier molecular flexibility index (Phi) is 6.42. The van der Waals surface area contributed by atoms with Gasteiger partial charge in [-0.1, -0.05) is 13.3 Å². The summed E-state index contributed by atoms with van der Waals surface area (Å²) in [6, 6.07) is 6.21. The Morgan fingerprint density at radius 1 is 1.36 bits per heavy atom. The van der Waals surface area contributed by atoms with Gasteiger partial charge in [-0.05, 0) is 55.4 Å². The lowest BCUT2D eigenvalue weighted by atomic mass is 9.82. The Labute approximate surface area is 167 Å². The Balaban J connectivity index is 1.74. The first-order valence-electron chi connectivity index (χ1n) is 9.78. The molecule has 0 saturated carbocycles. The molecule has 0 spiro atoms. The van der Waals surface area contributed by atoms with Crippen LogP contribution < -0.4 is 19.5 Å². The molecule has 1 aliphatic rings. The zero-order chi connectivity index (χ0) is 20.3. The molecule has 0 amide bonds. The van der Waals surface area contributed by atoms with E-state index in [1.54, 1.807) is 7.11 Å². The van der Waals surface area contributed by atoms with E-state index < -0.39 is 10.2 Å². The molecule has 1 saturated heterocycles. The number of aryl methyl sites for hydroxylation is 1. The van der Waals surface area contributed by atoms with Crippen molar-refractivity contribution in [1.82, 2.24) is 9.71 Å². The third-order valence-electron chi connectivity index (χ3n) is 5.85. The van der Waals surface area contributed by atoms with E-state index in [-0.39, 0.29) is 0 Å². The molecule has 1 aromatic heterocycles. The van der Waals surface area contributed by atoms with Crippen molar-refractivity contribution in [2.24, 2.45) is 17.0 Å². The molecule has 0 bridgehead atoms. The van der Waals surface area contributed by atoms with Gasteiger partial charge < -0.3 is 9.64 Å². The highest BCUT2D eigenvalue weighted by atomic mass is 32.2. The fraction of sp³-hybridized carbons (Fsp3) is 0.550. The van der Waals surface area contributed by atoms with E-state index in [2.05, 4.69) is 39.7 Å². The van der Waals surface area contributed by atoms with E-state index in [1.807, 2.05) is 13.1 Å². The SMILES string of the molecule is CCC(CNS(N)(=O)=O)C1CCN(c2ccnc3cc(C)c(OC)cc23)CC1. The predicted molar refractivity (Wildman–Crippen MR) is 113 cm³/mol. The number of nitrogens with zero attached hydrogens (tertiary/aromatic N) is 2. The Bertz CT molecular complexity index is 924. The summed E-state index contributed by atoms with van der Waals surface area (Å²) in [5, 5.41) is 6.19. The molecule has 1 aromatic carbocycles. The number of anilines is 1. The highest BCUT2D eigenvalue weighted by molar-refractivity contribution is 7.87. The molecule has 0 aliphatic carbocycles. The molecule has 2 heterocycles. The van der Waals surface area contributed by atoms with Gasteiger partial charge >= 0.3 is 0 Å². The zero-order valence-corrected chi connectivity index (χ0v) is 17.6. The van der Waals surface area contributed by atoms with Gasteiger partial charge in [-0.2, -0.15) is 8.42 Å². The van der Waals surface area contributed by atoms with Crippen LogP contribution in [0.2, 0.25) is 0 Å². The highest BCUT2D eigenvalue weighted by Gasteiger charge is 2.27. The van der Waals surface area contributed by atoms with Gasteiger partial charge in [-0.3, -0.25) is 4.98 Å². The van der Waals surface area contributed by atoms with Crippen molar-refractivity contribution in [3.63, 3.8) is 0 Å². The van der Waals surface area contributed by atoms with Gasteiger partial charge in [0.25, 0.3) is 10.2 Å². The number of benzene rings is 1. The second-order valence-corrected chi connectivity index (χ2v) is 8.93. The van der Waals surface area contributed by atoms with Crippen LogP contribution in [0.15, 0.2) is 24.4 Å². The predicted octanol–water partition coefficient (Wildman–Crippen LogP) is 2.59. The van der Waals surface area contributed by atoms with E-state index in [0.29, 0.717) is 18.4 Å². The summed E-state index contributed by atoms with van der Waals surface area (Å²) in [5.41, 5.74) is 3.23. The minimum Gasteiger partial charge on any atom is -0.496 e. The molecule has 1 unspecified atom stereocenters. The number of hydrogen-bond donors (Lipinski definition) is 2. The number of rotatable bonds is 7. The quantitative estimate of drug-likeness (QED) is 0.737. The van der Waals surface area contributed by atoms with E-state index in [0.717, 1.165) is 54.6 Å². The third kappa shape index (κ3) is 4.74. The molecule has 0 radical (unpaired) electrons. The minimum absolute atomic E-state index is 0.303. The van der Waals surface area contributed by atoms with Crippen molar-refractivity contribution in [1.29, 1.82) is 0 Å². The van der Waals surface area contributed by atoms with Crippen molar-refractivity contribution in [2.45, 2.75) is 33.1 Å². The summed E-state index contributed by atoms with van der Waals surface area (Å²) in [4.78, 5) is 6.92. The summed E-state index contributed by atoms with van der Waals surface area (Å²) < 4.78 is 30.4. The number of ether oxygens (including phenoxy) is 1. The van der Waals surface area contributed by atoms with Crippen molar-refractivity contribution in [2.75, 3.05) is 31.6 Å². The maximum absolute atomic E-state index is 11.2. The third-order valence-corrected chi connectivity index (χ3v) is 6.42. The molecular weight excluding hydrogens is 376 g/mol. The lowest BCUT2D eigenvalue weighted by Gasteiger charge is -2.37. The van der Waals surface area contributed by atoms with Gasteiger partial charge in [0.05, 0.1) is 12.6 Å². The van der Waals surface area contributed by atoms with E-state index in [4.69, 9.17) is 9.88 Å². The maximum atomic E-state index is 11.2. The lowest BCUT2D eigenvalue weighted by Crippen LogP contribution is -2.41. The minimum atomic E-state index is -3.64. The number of hydrogen-bond acceptors (Lipinski definition) is 5. The van der Waals surface area contributed by atoms with Gasteiger partial charge in [0.1, 0.15) is 5.75 Å². The van der Waals surface area contributed by atoms with Crippen LogP contribution in [0.25, 0.3) is 10.9 Å². The normalized spacial score (nSPS) is 17.1. The van der Waals surface area contributed by atoms with Gasteiger partial charge in [0.2, 0.25) is 0 Å². The Morgan fingerprint density at radius 2 is 2.07 bits per heavy atom. The van der Waals surface area contributed by atoms with Crippen molar-refractivity contribution in [3.8, 4) is 5.75 Å². The molecule has 1 atom stereocenters.